The number of sulfonamides is 1. The molecular formula is C20H25F3N4O12S. The normalized spacial score (nSPS) is 23.1. The molecule has 1 aliphatic heterocycles. The standard InChI is InChI=1S/C20H25F3N4O12S/c1-8(29)24-17(33)25-18(34)26-19(35)27-40(36,37)12-6-10(3-2-9(12)4-5-20(21,22)23)38-16-15(32)14(31)13(30)11(7-28)39-16/h2-3,6,11,13-16,28,30-32H,4-5,7H2,1H3,(H4,24,25,26,27,29,33,34,35)/t11-,13-,14+,15-,16-/m1/s1. The first-order valence-corrected chi connectivity index (χ1v) is 12.5. The Morgan fingerprint density at radius 3 is 2.15 bits per heavy atom. The number of amides is 7. The number of halogens is 3. The van der Waals surface area contributed by atoms with Crippen LogP contribution in [0.25, 0.3) is 0 Å². The molecule has 0 unspecified atom stereocenters. The number of nitrogens with one attached hydrogen (secondary N) is 4. The summed E-state index contributed by atoms with van der Waals surface area (Å²) in [5.41, 5.74) is -0.455. The van der Waals surface area contributed by atoms with Gasteiger partial charge in [0.1, 0.15) is 30.2 Å². The van der Waals surface area contributed by atoms with Gasteiger partial charge in [0.05, 0.1) is 11.5 Å². The molecule has 0 saturated carbocycles. The fourth-order valence-electron chi connectivity index (χ4n) is 3.27. The molecule has 224 valence electrons. The van der Waals surface area contributed by atoms with Gasteiger partial charge in [-0.1, -0.05) is 6.07 Å². The second kappa shape index (κ2) is 13.2. The van der Waals surface area contributed by atoms with Gasteiger partial charge in [-0.25, -0.2) is 27.5 Å². The molecular weight excluding hydrogens is 577 g/mol. The number of imide groups is 3. The van der Waals surface area contributed by atoms with Crippen molar-refractivity contribution < 1.29 is 70.7 Å². The zero-order valence-electron chi connectivity index (χ0n) is 20.3. The molecule has 8 N–H and O–H groups in total. The lowest BCUT2D eigenvalue weighted by Gasteiger charge is -2.39. The summed E-state index contributed by atoms with van der Waals surface area (Å²) in [7, 11) is -5.04. The Kier molecular flexibility index (Phi) is 10.8. The summed E-state index contributed by atoms with van der Waals surface area (Å²) in [6, 6.07) is -2.11. The molecule has 16 nitrogen and oxygen atoms in total. The fourth-order valence-corrected chi connectivity index (χ4v) is 4.46. The fraction of sp³-hybridized carbons (Fsp3) is 0.500. The highest BCUT2D eigenvalue weighted by molar-refractivity contribution is 7.90. The van der Waals surface area contributed by atoms with Gasteiger partial charge in [0, 0.05) is 19.4 Å². The first-order chi connectivity index (χ1) is 18.4. The molecule has 0 aliphatic carbocycles. The third-order valence-electron chi connectivity index (χ3n) is 5.08. The van der Waals surface area contributed by atoms with E-state index in [4.69, 9.17) is 9.47 Å². The van der Waals surface area contributed by atoms with E-state index in [-0.39, 0.29) is 0 Å². The molecule has 1 aliphatic rings. The Hall–Kier alpha value is -3.56. The zero-order chi connectivity index (χ0) is 30.4. The van der Waals surface area contributed by atoms with Crippen LogP contribution in [-0.4, -0.2) is 96.3 Å². The molecule has 1 aromatic rings. The number of rotatable bonds is 7. The smallest absolute Gasteiger partial charge is 0.389 e. The molecule has 1 heterocycles. The monoisotopic (exact) mass is 602 g/mol. The van der Waals surface area contributed by atoms with E-state index in [1.807, 2.05) is 0 Å². The lowest BCUT2D eigenvalue weighted by molar-refractivity contribution is -0.277. The van der Waals surface area contributed by atoms with E-state index in [1.165, 1.54) is 15.4 Å². The predicted octanol–water partition coefficient (Wildman–Crippen LogP) is -1.69. The van der Waals surface area contributed by atoms with Crippen LogP contribution in [0.15, 0.2) is 23.1 Å². The minimum atomic E-state index is -5.04. The summed E-state index contributed by atoms with van der Waals surface area (Å²) >= 11 is 0. The second-order valence-electron chi connectivity index (χ2n) is 8.22. The number of aliphatic hydroxyl groups excluding tert-OH is 4. The van der Waals surface area contributed by atoms with Crippen molar-refractivity contribution in [2.24, 2.45) is 0 Å². The lowest BCUT2D eigenvalue weighted by Crippen LogP contribution is -2.60. The first kappa shape index (κ1) is 32.7. The van der Waals surface area contributed by atoms with E-state index < -0.39 is 107 Å². The summed E-state index contributed by atoms with van der Waals surface area (Å²) < 4.78 is 76.0. The molecule has 0 bridgehead atoms. The number of urea groups is 3. The van der Waals surface area contributed by atoms with E-state index in [0.717, 1.165) is 19.1 Å². The number of aryl methyl sites for hydroxylation is 1. The number of hydrogen-bond donors (Lipinski definition) is 8. The van der Waals surface area contributed by atoms with Crippen LogP contribution in [-0.2, 0) is 26.0 Å². The molecule has 40 heavy (non-hydrogen) atoms. The molecule has 20 heteroatoms. The van der Waals surface area contributed by atoms with Crippen molar-refractivity contribution in [2.45, 2.75) is 61.5 Å². The third-order valence-corrected chi connectivity index (χ3v) is 6.49. The van der Waals surface area contributed by atoms with Crippen molar-refractivity contribution in [1.29, 1.82) is 0 Å². The van der Waals surface area contributed by atoms with Crippen LogP contribution in [0, 0.1) is 0 Å². The lowest BCUT2D eigenvalue weighted by atomic mass is 9.99. The summed E-state index contributed by atoms with van der Waals surface area (Å²) in [5.74, 6) is -1.32. The number of benzene rings is 1. The predicted molar refractivity (Wildman–Crippen MR) is 122 cm³/mol. The van der Waals surface area contributed by atoms with Gasteiger partial charge >= 0.3 is 24.3 Å². The Balaban J connectivity index is 2.29. The van der Waals surface area contributed by atoms with Crippen molar-refractivity contribution in [2.75, 3.05) is 6.61 Å². The van der Waals surface area contributed by atoms with Gasteiger partial charge in [-0.2, -0.15) is 13.2 Å². The van der Waals surface area contributed by atoms with Crippen molar-refractivity contribution in [3.63, 3.8) is 0 Å². The maximum absolute atomic E-state index is 12.9. The van der Waals surface area contributed by atoms with Crippen LogP contribution in [0.4, 0.5) is 27.6 Å². The van der Waals surface area contributed by atoms with Crippen molar-refractivity contribution >= 4 is 34.0 Å². The highest BCUT2D eigenvalue weighted by Gasteiger charge is 2.45. The van der Waals surface area contributed by atoms with Crippen molar-refractivity contribution in [3.05, 3.63) is 23.8 Å². The summed E-state index contributed by atoms with van der Waals surface area (Å²) in [6.07, 6.45) is -15.7. The molecule has 1 saturated heterocycles. The topological polar surface area (TPSA) is 250 Å². The average molecular weight is 602 g/mol. The molecule has 7 amide bonds. The average Bonchev–Trinajstić information content (AvgIpc) is 2.81. The largest absolute Gasteiger partial charge is 0.462 e. The summed E-state index contributed by atoms with van der Waals surface area (Å²) in [6.45, 7) is 0.117. The highest BCUT2D eigenvalue weighted by Crippen LogP contribution is 2.30. The highest BCUT2D eigenvalue weighted by atomic mass is 32.2. The maximum atomic E-state index is 12.9. The third kappa shape index (κ3) is 9.27. The molecule has 1 aromatic carbocycles. The summed E-state index contributed by atoms with van der Waals surface area (Å²) in [4.78, 5) is 44.9. The SMILES string of the molecule is CC(=O)NC(=O)NC(=O)NC(=O)NS(=O)(=O)c1cc(O[C@@H]2O[C@H](CO)[C@@H](O)[C@H](O)[C@H]2O)ccc1CCC(F)(F)F. The van der Waals surface area contributed by atoms with E-state index in [0.29, 0.717) is 6.07 Å². The first-order valence-electron chi connectivity index (χ1n) is 11.1. The van der Waals surface area contributed by atoms with E-state index >= 15 is 0 Å². The molecule has 0 spiro atoms. The van der Waals surface area contributed by atoms with Crippen LogP contribution in [0.2, 0.25) is 0 Å². The van der Waals surface area contributed by atoms with Gasteiger partial charge in [-0.05, 0) is 18.1 Å². The van der Waals surface area contributed by atoms with Crippen molar-refractivity contribution in [3.8, 4) is 5.75 Å². The van der Waals surface area contributed by atoms with Crippen LogP contribution in [0.1, 0.15) is 18.9 Å². The van der Waals surface area contributed by atoms with Gasteiger partial charge in [0.15, 0.2) is 0 Å². The number of carbonyl (C=O) groups is 4. The molecule has 0 aromatic heterocycles. The van der Waals surface area contributed by atoms with Gasteiger partial charge in [-0.3, -0.25) is 20.7 Å². The minimum Gasteiger partial charge on any atom is -0.462 e. The minimum absolute atomic E-state index is 0.455. The van der Waals surface area contributed by atoms with E-state index in [9.17, 15) is 61.2 Å². The van der Waals surface area contributed by atoms with Crippen LogP contribution in [0.5, 0.6) is 5.75 Å². The van der Waals surface area contributed by atoms with Gasteiger partial charge < -0.3 is 29.9 Å². The van der Waals surface area contributed by atoms with E-state index in [1.54, 1.807) is 5.32 Å². The molecule has 1 fully saturated rings. The Morgan fingerprint density at radius 2 is 1.57 bits per heavy atom. The Morgan fingerprint density at radius 1 is 0.975 bits per heavy atom. The number of ether oxygens (including phenoxy) is 2. The molecule has 5 atom stereocenters. The van der Waals surface area contributed by atoms with Crippen LogP contribution >= 0.6 is 0 Å². The van der Waals surface area contributed by atoms with Crippen LogP contribution < -0.4 is 25.4 Å². The van der Waals surface area contributed by atoms with Gasteiger partial charge in [0.2, 0.25) is 12.2 Å². The number of hydrogen-bond acceptors (Lipinski definition) is 12. The van der Waals surface area contributed by atoms with Crippen LogP contribution in [0.3, 0.4) is 0 Å². The Bertz CT molecular complexity index is 1230. The number of alkyl halides is 3. The van der Waals surface area contributed by atoms with Gasteiger partial charge in [0.25, 0.3) is 10.0 Å². The molecule has 0 radical (unpaired) electrons. The Labute approximate surface area is 223 Å². The summed E-state index contributed by atoms with van der Waals surface area (Å²) in [5, 5.41) is 43.6. The van der Waals surface area contributed by atoms with Crippen molar-refractivity contribution in [1.82, 2.24) is 20.7 Å². The molecule has 2 rings (SSSR count). The van der Waals surface area contributed by atoms with Gasteiger partial charge in [-0.15, -0.1) is 0 Å². The van der Waals surface area contributed by atoms with E-state index in [2.05, 4.69) is 0 Å². The maximum Gasteiger partial charge on any atom is 0.389 e. The number of carbonyl (C=O) groups excluding carboxylic acids is 4. The number of aliphatic hydroxyl groups is 4. The second-order valence-corrected chi connectivity index (χ2v) is 9.87. The zero-order valence-corrected chi connectivity index (χ0v) is 21.2. The quantitative estimate of drug-likeness (QED) is 0.174.